The fourth-order valence-electron chi connectivity index (χ4n) is 10.3. The normalized spacial score (nSPS) is 46.7. The second-order valence-corrected chi connectivity index (χ2v) is 20.4. The van der Waals surface area contributed by atoms with Crippen LogP contribution >= 0.6 is 0 Å². The minimum atomic E-state index is -3.22. The van der Waals surface area contributed by atoms with Crippen molar-refractivity contribution in [1.29, 1.82) is 0 Å². The number of hydrogen-bond donors (Lipinski definition) is 21. The number of aliphatic carboxylic acids is 1. The highest BCUT2D eigenvalue weighted by Crippen LogP contribution is 2.40. The summed E-state index contributed by atoms with van der Waals surface area (Å²) in [5.74, 6) is -7.88. The molecule has 6 rings (SSSR count). The van der Waals surface area contributed by atoms with Gasteiger partial charge in [-0.3, -0.25) is 14.4 Å². The first-order chi connectivity index (χ1) is 38.0. The SMILES string of the molecule is CC(=O)N[C@H]1[C@H]([C@H](O)[C@H](O)CO)OC(O[C@H]2[C@@H](O)[C@@H](CO)OC(O[C@H]3[C@@H](O)[C@@H](COC4O[C@H](CO)[C@@H](OC5O[C@H](CO)[C@H](O)[C@H](O)[C@H]5O)[C@H](OC5O[C@@H](C)[C@@H](O)[C@@H](O)[C@@H]5O)[C@H]4NC(C)=O)OC(O)[C@@H]3NC(C)=O)[C@@H]2O)(C(=O)O)C[C@@H]1O. The van der Waals surface area contributed by atoms with Crippen LogP contribution in [0.3, 0.4) is 0 Å². The molecule has 36 nitrogen and oxygen atoms in total. The molecular formula is C45H75N3O33. The smallest absolute Gasteiger partial charge is 0.364 e. The number of amides is 3. The van der Waals surface area contributed by atoms with Crippen LogP contribution < -0.4 is 16.0 Å². The van der Waals surface area contributed by atoms with Crippen LogP contribution in [0.4, 0.5) is 0 Å². The van der Waals surface area contributed by atoms with E-state index in [2.05, 4.69) is 16.0 Å². The molecule has 0 aromatic heterocycles. The number of rotatable bonds is 21. The zero-order chi connectivity index (χ0) is 60.3. The van der Waals surface area contributed by atoms with E-state index in [-0.39, 0.29) is 0 Å². The van der Waals surface area contributed by atoms with E-state index >= 15 is 0 Å². The van der Waals surface area contributed by atoms with Crippen LogP contribution in [-0.2, 0) is 71.3 Å². The minimum Gasteiger partial charge on any atom is -0.477 e. The summed E-state index contributed by atoms with van der Waals surface area (Å²) in [6.45, 7) is -0.963. The highest BCUT2D eigenvalue weighted by Gasteiger charge is 2.61. The van der Waals surface area contributed by atoms with E-state index in [1.165, 1.54) is 6.92 Å². The number of aliphatic hydroxyl groups is 17. The largest absolute Gasteiger partial charge is 0.477 e. The molecule has 6 aliphatic rings. The molecule has 21 N–H and O–H groups in total. The van der Waals surface area contributed by atoms with Crippen molar-refractivity contribution in [1.82, 2.24) is 16.0 Å². The van der Waals surface area contributed by atoms with Crippen molar-refractivity contribution in [3.63, 3.8) is 0 Å². The van der Waals surface area contributed by atoms with Gasteiger partial charge in [0.25, 0.3) is 5.79 Å². The van der Waals surface area contributed by atoms with E-state index in [9.17, 15) is 111 Å². The van der Waals surface area contributed by atoms with Gasteiger partial charge >= 0.3 is 5.97 Å². The number of carboxylic acids is 1. The summed E-state index contributed by atoms with van der Waals surface area (Å²) in [6, 6.07) is -5.25. The maximum absolute atomic E-state index is 13.1. The highest BCUT2D eigenvalue weighted by molar-refractivity contribution is 5.77. The van der Waals surface area contributed by atoms with E-state index in [1.54, 1.807) is 0 Å². The Hall–Kier alpha value is -3.24. The molecule has 36 heteroatoms. The average Bonchev–Trinajstić information content (AvgIpc) is 3.58. The third-order valence-corrected chi connectivity index (χ3v) is 14.5. The second-order valence-electron chi connectivity index (χ2n) is 20.4. The first-order valence-corrected chi connectivity index (χ1v) is 25.6. The van der Waals surface area contributed by atoms with E-state index in [0.29, 0.717) is 0 Å². The van der Waals surface area contributed by atoms with Gasteiger partial charge in [-0.2, -0.15) is 0 Å². The molecule has 6 unspecified atom stereocenters. The minimum absolute atomic E-state index is 0.831. The summed E-state index contributed by atoms with van der Waals surface area (Å²) in [6.07, 6.45) is -54.6. The summed E-state index contributed by atoms with van der Waals surface area (Å²) in [7, 11) is 0. The number of ether oxygens (including phenoxy) is 11. The Morgan fingerprint density at radius 2 is 1.01 bits per heavy atom. The van der Waals surface area contributed by atoms with Crippen LogP contribution in [0.15, 0.2) is 0 Å². The number of carbonyl (C=O) groups excluding carboxylic acids is 3. The molecular weight excluding hydrogens is 1110 g/mol. The van der Waals surface area contributed by atoms with Gasteiger partial charge in [-0.15, -0.1) is 0 Å². The highest BCUT2D eigenvalue weighted by atomic mass is 16.8. The Labute approximate surface area is 459 Å². The van der Waals surface area contributed by atoms with Gasteiger partial charge in [0.05, 0.1) is 51.3 Å². The van der Waals surface area contributed by atoms with Gasteiger partial charge in [0.15, 0.2) is 31.5 Å². The van der Waals surface area contributed by atoms with Crippen LogP contribution in [0.1, 0.15) is 34.1 Å². The molecule has 0 spiro atoms. The lowest BCUT2D eigenvalue weighted by atomic mass is 9.88. The predicted octanol–water partition coefficient (Wildman–Crippen LogP) is -13.4. The van der Waals surface area contributed by atoms with Gasteiger partial charge in [-0.05, 0) is 6.92 Å². The standard InChI is InChI=1S/C45H75N3O33/c1-11-24(58)29(63)31(65)41(72-11)79-37-23(48-14(4)55)40(76-19(9-52)34(37)77-42-32(66)30(64)26(60)17(7-50)74-42)71-10-20-28(62)35(22(39(68)73-20)47-13(3)54)78-43-33(67)38(27(61)18(8-51)75-43)81-45(44(69)70)5-15(56)21(46-12(2)53)36(80-45)25(59)16(57)6-49/h11,15-43,49-52,56-68H,5-10H2,1-4H3,(H,46,53)(H,47,54)(H,48,55)(H,69,70)/t11-,15-,16+,17+,18+,19+,20+,21+,22+,23+,24+,25+,26-,27-,28-,29+,30-,31-,32+,33+,34+,35+,36+,37+,38-,39?,40?,41?,42?,43?,45?/m0/s1. The van der Waals surface area contributed by atoms with Crippen molar-refractivity contribution < 1.29 is 163 Å². The van der Waals surface area contributed by atoms with Gasteiger partial charge < -0.3 is 160 Å². The average molecular weight is 1190 g/mol. The van der Waals surface area contributed by atoms with Crippen LogP contribution in [0, 0.1) is 0 Å². The number of nitrogens with one attached hydrogen (secondary N) is 3. The van der Waals surface area contributed by atoms with Crippen LogP contribution in [0.25, 0.3) is 0 Å². The van der Waals surface area contributed by atoms with Crippen LogP contribution in [0.5, 0.6) is 0 Å². The Morgan fingerprint density at radius 3 is 1.57 bits per heavy atom. The molecule has 6 fully saturated rings. The van der Waals surface area contributed by atoms with E-state index in [4.69, 9.17) is 52.1 Å². The zero-order valence-electron chi connectivity index (χ0n) is 43.7. The maximum atomic E-state index is 13.1. The molecule has 6 heterocycles. The third-order valence-electron chi connectivity index (χ3n) is 14.5. The molecule has 0 radical (unpaired) electrons. The van der Waals surface area contributed by atoms with E-state index < -0.39 is 253 Å². The number of aliphatic hydroxyl groups excluding tert-OH is 17. The molecule has 3 amide bonds. The Balaban J connectivity index is 1.30. The molecule has 0 aromatic carbocycles. The molecule has 31 atom stereocenters. The van der Waals surface area contributed by atoms with Crippen molar-refractivity contribution in [2.75, 3.05) is 33.0 Å². The Kier molecular flexibility index (Phi) is 23.4. The molecule has 0 bridgehead atoms. The molecule has 6 saturated heterocycles. The quantitative estimate of drug-likeness (QED) is 0.0507. The number of hydrogen-bond acceptors (Lipinski definition) is 32. The van der Waals surface area contributed by atoms with Gasteiger partial charge in [-0.25, -0.2) is 4.79 Å². The zero-order valence-corrected chi connectivity index (χ0v) is 43.7. The van der Waals surface area contributed by atoms with Gasteiger partial charge in [0.2, 0.25) is 17.7 Å². The summed E-state index contributed by atoms with van der Waals surface area (Å²) >= 11 is 0. The molecule has 6 aliphatic heterocycles. The van der Waals surface area contributed by atoms with Crippen molar-refractivity contribution in [3.8, 4) is 0 Å². The van der Waals surface area contributed by atoms with E-state index in [0.717, 1.165) is 20.8 Å². The van der Waals surface area contributed by atoms with Crippen LogP contribution in [0.2, 0.25) is 0 Å². The first kappa shape index (κ1) is 66.9. The summed E-state index contributed by atoms with van der Waals surface area (Å²) < 4.78 is 63.9. The Morgan fingerprint density at radius 1 is 0.531 bits per heavy atom. The van der Waals surface area contributed by atoms with Gasteiger partial charge in [0, 0.05) is 27.2 Å². The molecule has 0 aromatic rings. The van der Waals surface area contributed by atoms with Crippen LogP contribution in [-0.4, -0.2) is 338 Å². The van der Waals surface area contributed by atoms with Gasteiger partial charge in [0.1, 0.15) is 134 Å². The Bertz CT molecular complexity index is 2070. The molecule has 468 valence electrons. The lowest BCUT2D eigenvalue weighted by Crippen LogP contribution is -2.71. The van der Waals surface area contributed by atoms with Crippen molar-refractivity contribution in [2.45, 2.75) is 224 Å². The molecule has 0 saturated carbocycles. The topological polar surface area (TPSA) is 570 Å². The number of carbonyl (C=O) groups is 4. The molecule has 0 aliphatic carbocycles. The lowest BCUT2D eigenvalue weighted by molar-refractivity contribution is -0.383. The first-order valence-electron chi connectivity index (χ1n) is 25.6. The number of carboxylic acid groups (broad SMARTS) is 1. The fourth-order valence-corrected chi connectivity index (χ4v) is 10.3. The van der Waals surface area contributed by atoms with Crippen molar-refractivity contribution >= 4 is 23.7 Å². The molecule has 81 heavy (non-hydrogen) atoms. The second kappa shape index (κ2) is 28.3. The van der Waals surface area contributed by atoms with Gasteiger partial charge in [-0.1, -0.05) is 0 Å². The summed E-state index contributed by atoms with van der Waals surface area (Å²) in [4.78, 5) is 50.6. The summed E-state index contributed by atoms with van der Waals surface area (Å²) in [5.41, 5.74) is 0. The van der Waals surface area contributed by atoms with Crippen molar-refractivity contribution in [3.05, 3.63) is 0 Å². The summed E-state index contributed by atoms with van der Waals surface area (Å²) in [5, 5.41) is 201. The lowest BCUT2D eigenvalue weighted by Gasteiger charge is -2.51. The maximum Gasteiger partial charge on any atom is 0.364 e. The predicted molar refractivity (Wildman–Crippen MR) is 250 cm³/mol. The third kappa shape index (κ3) is 14.7. The van der Waals surface area contributed by atoms with Crippen molar-refractivity contribution in [2.24, 2.45) is 0 Å². The van der Waals surface area contributed by atoms with E-state index in [1.807, 2.05) is 0 Å². The fraction of sp³-hybridized carbons (Fsp3) is 0.911. The monoisotopic (exact) mass is 1190 g/mol.